The molecule has 0 radical (unpaired) electrons. The summed E-state index contributed by atoms with van der Waals surface area (Å²) in [7, 11) is 0. The molecule has 1 saturated heterocycles. The summed E-state index contributed by atoms with van der Waals surface area (Å²) in [6.45, 7) is 3.45. The molecule has 156 valence electrons. The summed E-state index contributed by atoms with van der Waals surface area (Å²) in [5.41, 5.74) is 3.81. The molecule has 1 aromatic heterocycles. The first-order valence-corrected chi connectivity index (χ1v) is 10.9. The Hall–Kier alpha value is -3.39. The molecule has 0 N–H and O–H groups in total. The van der Waals surface area contributed by atoms with Gasteiger partial charge in [-0.25, -0.2) is 0 Å². The molecule has 5 rings (SSSR count). The summed E-state index contributed by atoms with van der Waals surface area (Å²) in [6, 6.07) is 18.8. The molecule has 1 aliphatic carbocycles. The van der Waals surface area contributed by atoms with Crippen molar-refractivity contribution in [1.29, 1.82) is 5.26 Å². The second kappa shape index (κ2) is 7.70. The molecular weight excluding hydrogens is 386 g/mol. The van der Waals surface area contributed by atoms with Crippen molar-refractivity contribution in [2.45, 2.75) is 38.7 Å². The lowest BCUT2D eigenvalue weighted by molar-refractivity contribution is -0.136. The lowest BCUT2D eigenvalue weighted by Gasteiger charge is -2.33. The van der Waals surface area contributed by atoms with Gasteiger partial charge >= 0.3 is 0 Å². The van der Waals surface area contributed by atoms with E-state index in [0.29, 0.717) is 25.9 Å². The van der Waals surface area contributed by atoms with Crippen LogP contribution in [0.3, 0.4) is 0 Å². The van der Waals surface area contributed by atoms with Crippen LogP contribution >= 0.6 is 0 Å². The van der Waals surface area contributed by atoms with Crippen molar-refractivity contribution in [2.75, 3.05) is 13.1 Å². The van der Waals surface area contributed by atoms with E-state index in [9.17, 15) is 10.1 Å². The van der Waals surface area contributed by atoms with Crippen molar-refractivity contribution in [3.8, 4) is 22.9 Å². The van der Waals surface area contributed by atoms with Gasteiger partial charge in [0.2, 0.25) is 5.91 Å². The molecular formula is C26H25N3O2. The van der Waals surface area contributed by atoms with Crippen LogP contribution in [0.4, 0.5) is 0 Å². The van der Waals surface area contributed by atoms with Crippen LogP contribution in [0.25, 0.3) is 22.0 Å². The van der Waals surface area contributed by atoms with Gasteiger partial charge in [0.25, 0.3) is 0 Å². The number of nitriles is 1. The van der Waals surface area contributed by atoms with Crippen LogP contribution in [0, 0.1) is 23.7 Å². The number of amides is 1. The van der Waals surface area contributed by atoms with Crippen molar-refractivity contribution in [1.82, 2.24) is 9.88 Å². The highest BCUT2D eigenvalue weighted by molar-refractivity contribution is 5.88. The number of nitrogens with zero attached hydrogens (tertiary/aromatic N) is 3. The zero-order valence-electron chi connectivity index (χ0n) is 17.7. The van der Waals surface area contributed by atoms with Crippen LogP contribution in [-0.2, 0) is 4.79 Å². The van der Waals surface area contributed by atoms with Crippen molar-refractivity contribution >= 4 is 16.8 Å². The molecule has 1 amide bonds. The van der Waals surface area contributed by atoms with E-state index >= 15 is 0 Å². The second-order valence-electron chi connectivity index (χ2n) is 8.69. The van der Waals surface area contributed by atoms with Gasteiger partial charge in [-0.2, -0.15) is 5.26 Å². The minimum absolute atomic E-state index is 0.0121. The third kappa shape index (κ3) is 3.74. The fourth-order valence-electron chi connectivity index (χ4n) is 4.43. The first-order chi connectivity index (χ1) is 15.1. The third-order valence-electron chi connectivity index (χ3n) is 6.52. The number of ether oxygens (including phenoxy) is 1. The smallest absolute Gasteiger partial charge is 0.243 e. The van der Waals surface area contributed by atoms with E-state index in [1.807, 2.05) is 29.3 Å². The summed E-state index contributed by atoms with van der Waals surface area (Å²) >= 11 is 0. The molecule has 3 aromatic rings. The number of hydrogen-bond donors (Lipinski definition) is 0. The van der Waals surface area contributed by atoms with E-state index in [-0.39, 0.29) is 12.0 Å². The Bertz CT molecular complexity index is 1170. The number of aryl methyl sites for hydroxylation is 1. The molecule has 2 heterocycles. The summed E-state index contributed by atoms with van der Waals surface area (Å²) in [6.07, 6.45) is 4.92. The predicted molar refractivity (Wildman–Crippen MR) is 119 cm³/mol. The van der Waals surface area contributed by atoms with Crippen LogP contribution in [0.5, 0.6) is 5.75 Å². The van der Waals surface area contributed by atoms with Gasteiger partial charge in [0.15, 0.2) is 0 Å². The predicted octanol–water partition coefficient (Wildman–Crippen LogP) is 4.88. The van der Waals surface area contributed by atoms with Crippen LogP contribution < -0.4 is 4.74 Å². The Kier molecular flexibility index (Phi) is 4.86. The normalized spacial score (nSPS) is 17.9. The van der Waals surface area contributed by atoms with Gasteiger partial charge in [-0.05, 0) is 66.8 Å². The fourth-order valence-corrected chi connectivity index (χ4v) is 4.43. The van der Waals surface area contributed by atoms with Gasteiger partial charge in [0.05, 0.1) is 11.6 Å². The Morgan fingerprint density at radius 1 is 1.16 bits per heavy atom. The summed E-state index contributed by atoms with van der Waals surface area (Å²) < 4.78 is 6.19. The number of aromatic nitrogens is 1. The molecule has 1 aliphatic heterocycles. The lowest BCUT2D eigenvalue weighted by Crippen LogP contribution is -2.44. The Morgan fingerprint density at radius 3 is 2.58 bits per heavy atom. The molecule has 1 saturated carbocycles. The van der Waals surface area contributed by atoms with Crippen LogP contribution in [0.15, 0.2) is 54.7 Å². The monoisotopic (exact) mass is 411 g/mol. The Morgan fingerprint density at radius 2 is 1.90 bits per heavy atom. The maximum Gasteiger partial charge on any atom is 0.243 e. The van der Waals surface area contributed by atoms with Gasteiger partial charge < -0.3 is 9.64 Å². The zero-order chi connectivity index (χ0) is 21.4. The van der Waals surface area contributed by atoms with Gasteiger partial charge in [-0.3, -0.25) is 9.78 Å². The Balaban J connectivity index is 1.23. The van der Waals surface area contributed by atoms with E-state index < -0.39 is 5.41 Å². The molecule has 0 unspecified atom stereocenters. The fraction of sp³-hybridized carbons (Fsp3) is 0.346. The minimum atomic E-state index is -0.722. The molecule has 2 fully saturated rings. The summed E-state index contributed by atoms with van der Waals surface area (Å²) in [5.74, 6) is 0.860. The molecule has 31 heavy (non-hydrogen) atoms. The second-order valence-corrected chi connectivity index (χ2v) is 8.69. The standard InChI is InChI=1S/C26H25N3O2/c1-18-15-20-3-2-12-28-24(20)16-23(18)19-4-6-21(7-5-19)31-22-8-13-29(14-9-22)25(30)26(17-27)10-11-26/h2-7,12,15-16,22H,8-11,13-14H2,1H3. The maximum absolute atomic E-state index is 12.5. The highest BCUT2D eigenvalue weighted by Gasteiger charge is 2.52. The van der Waals surface area contributed by atoms with Crippen molar-refractivity contribution in [2.24, 2.45) is 5.41 Å². The molecule has 0 bridgehead atoms. The maximum atomic E-state index is 12.5. The Labute approximate surface area is 182 Å². The number of hydrogen-bond acceptors (Lipinski definition) is 4. The minimum Gasteiger partial charge on any atom is -0.490 e. The average molecular weight is 412 g/mol. The number of rotatable bonds is 4. The van der Waals surface area contributed by atoms with Crippen molar-refractivity contribution in [3.63, 3.8) is 0 Å². The van der Waals surface area contributed by atoms with Crippen molar-refractivity contribution < 1.29 is 9.53 Å². The molecule has 0 atom stereocenters. The number of benzene rings is 2. The molecule has 5 heteroatoms. The number of carbonyl (C=O) groups excluding carboxylic acids is 1. The van der Waals surface area contributed by atoms with Crippen molar-refractivity contribution in [3.05, 3.63) is 60.3 Å². The summed E-state index contributed by atoms with van der Waals surface area (Å²) in [4.78, 5) is 18.8. The molecule has 2 aromatic carbocycles. The number of fused-ring (bicyclic) bond motifs is 1. The molecule has 5 nitrogen and oxygen atoms in total. The van der Waals surface area contributed by atoms with Gasteiger partial charge in [0.1, 0.15) is 17.3 Å². The highest BCUT2D eigenvalue weighted by atomic mass is 16.5. The van der Waals surface area contributed by atoms with Gasteiger partial charge in [-0.15, -0.1) is 0 Å². The lowest BCUT2D eigenvalue weighted by atomic mass is 9.98. The quantitative estimate of drug-likeness (QED) is 0.613. The number of likely N-dealkylation sites (tertiary alicyclic amines) is 1. The zero-order valence-corrected chi connectivity index (χ0v) is 17.7. The first kappa shape index (κ1) is 19.6. The number of pyridine rings is 1. The van der Waals surface area contributed by atoms with E-state index in [1.54, 1.807) is 0 Å². The average Bonchev–Trinajstić information content (AvgIpc) is 3.61. The first-order valence-electron chi connectivity index (χ1n) is 10.9. The molecule has 0 spiro atoms. The van der Waals surface area contributed by atoms with E-state index in [4.69, 9.17) is 4.74 Å². The molecule has 2 aliphatic rings. The summed E-state index contributed by atoms with van der Waals surface area (Å²) in [5, 5.41) is 10.4. The van der Waals surface area contributed by atoms with E-state index in [1.165, 1.54) is 11.1 Å². The third-order valence-corrected chi connectivity index (χ3v) is 6.52. The largest absolute Gasteiger partial charge is 0.490 e. The van der Waals surface area contributed by atoms with Gasteiger partial charge in [0, 0.05) is 37.5 Å². The van der Waals surface area contributed by atoms with Crippen LogP contribution in [0.2, 0.25) is 0 Å². The van der Waals surface area contributed by atoms with E-state index in [0.717, 1.165) is 35.1 Å². The highest BCUT2D eigenvalue weighted by Crippen LogP contribution is 2.46. The van der Waals surface area contributed by atoms with E-state index in [2.05, 4.69) is 48.3 Å². The van der Waals surface area contributed by atoms with Crippen LogP contribution in [0.1, 0.15) is 31.2 Å². The number of carbonyl (C=O) groups is 1. The van der Waals surface area contributed by atoms with Gasteiger partial charge in [-0.1, -0.05) is 18.2 Å². The van der Waals surface area contributed by atoms with Crippen LogP contribution in [-0.4, -0.2) is 35.0 Å². The number of piperidine rings is 1. The SMILES string of the molecule is Cc1cc2cccnc2cc1-c1ccc(OC2CCN(C(=O)C3(C#N)CC3)CC2)cc1. The topological polar surface area (TPSA) is 66.2 Å².